The van der Waals surface area contributed by atoms with Crippen LogP contribution in [0.5, 0.6) is 0 Å². The van der Waals surface area contributed by atoms with Crippen molar-refractivity contribution in [1.82, 2.24) is 4.98 Å². The van der Waals surface area contributed by atoms with E-state index in [4.69, 9.17) is 0 Å². The molecule has 0 aliphatic heterocycles. The number of hydrogen-bond acceptors (Lipinski definition) is 5. The van der Waals surface area contributed by atoms with Crippen molar-refractivity contribution >= 4 is 18.1 Å². The summed E-state index contributed by atoms with van der Waals surface area (Å²) in [5, 5.41) is 18.9. The van der Waals surface area contributed by atoms with Crippen molar-refractivity contribution in [1.29, 1.82) is 0 Å². The number of anilines is 1. The van der Waals surface area contributed by atoms with Crippen LogP contribution in [0.15, 0.2) is 77.1 Å². The molecule has 0 amide bonds. The Bertz CT molecular complexity index is 973. The van der Waals surface area contributed by atoms with E-state index >= 15 is 0 Å². The first-order valence-corrected chi connectivity index (χ1v) is 8.35. The number of hydrazone groups is 2. The second-order valence-corrected chi connectivity index (χ2v) is 5.89. The highest BCUT2D eigenvalue weighted by molar-refractivity contribution is 5.97. The number of aliphatic hydroxyl groups excluding tert-OH is 1. The van der Waals surface area contributed by atoms with Crippen LogP contribution < -0.4 is 5.12 Å². The molecule has 0 radical (unpaired) electrons. The highest BCUT2D eigenvalue weighted by Crippen LogP contribution is 2.28. The minimum Gasteiger partial charge on any atom is -0.392 e. The molecule has 0 aliphatic carbocycles. The predicted octanol–water partition coefficient (Wildman–Crippen LogP) is 4.23. The lowest BCUT2D eigenvalue weighted by molar-refractivity contribution is 0.282. The topological polar surface area (TPSA) is 61.1 Å². The first-order chi connectivity index (χ1) is 13.1. The third-order valence-electron chi connectivity index (χ3n) is 3.97. The summed E-state index contributed by atoms with van der Waals surface area (Å²) < 4.78 is 14.3. The van der Waals surface area contributed by atoms with E-state index in [1.165, 1.54) is 17.3 Å². The zero-order valence-electron chi connectivity index (χ0n) is 14.9. The molecule has 6 heteroatoms. The Morgan fingerprint density at radius 1 is 1.11 bits per heavy atom. The van der Waals surface area contributed by atoms with E-state index in [2.05, 4.69) is 21.9 Å². The van der Waals surface area contributed by atoms with Gasteiger partial charge in [0.2, 0.25) is 0 Å². The van der Waals surface area contributed by atoms with Gasteiger partial charge in [-0.1, -0.05) is 24.3 Å². The van der Waals surface area contributed by atoms with Crippen LogP contribution in [0, 0.1) is 5.82 Å². The molecule has 1 aromatic heterocycles. The SMILES string of the molecule is C=NN(/N=C(\C)c1ccccn1)c1cc(F)cc(-c2cccc(CO)c2)c1. The average molecular weight is 362 g/mol. The van der Waals surface area contributed by atoms with E-state index in [0.29, 0.717) is 22.7 Å². The summed E-state index contributed by atoms with van der Waals surface area (Å²) in [4.78, 5) is 4.24. The molecule has 1 N–H and O–H groups in total. The fraction of sp³-hybridized carbons (Fsp3) is 0.0952. The zero-order chi connectivity index (χ0) is 19.2. The normalized spacial score (nSPS) is 11.3. The third kappa shape index (κ3) is 4.43. The molecule has 3 aromatic rings. The Hall–Kier alpha value is -3.38. The maximum absolute atomic E-state index is 14.3. The number of halogens is 1. The number of aliphatic hydroxyl groups is 1. The van der Waals surface area contributed by atoms with Crippen LogP contribution in [0.3, 0.4) is 0 Å². The molecule has 27 heavy (non-hydrogen) atoms. The Morgan fingerprint density at radius 2 is 1.96 bits per heavy atom. The van der Waals surface area contributed by atoms with Crippen molar-refractivity contribution in [3.8, 4) is 11.1 Å². The van der Waals surface area contributed by atoms with Gasteiger partial charge in [-0.3, -0.25) is 4.98 Å². The minimum atomic E-state index is -0.420. The van der Waals surface area contributed by atoms with Gasteiger partial charge in [-0.25, -0.2) is 4.39 Å². The van der Waals surface area contributed by atoms with Gasteiger partial charge in [-0.05, 0) is 53.9 Å². The van der Waals surface area contributed by atoms with E-state index in [1.807, 2.05) is 42.5 Å². The number of benzene rings is 2. The Kier molecular flexibility index (Phi) is 5.68. The summed E-state index contributed by atoms with van der Waals surface area (Å²) >= 11 is 0. The molecule has 0 bridgehead atoms. The molecule has 0 fully saturated rings. The smallest absolute Gasteiger partial charge is 0.126 e. The van der Waals surface area contributed by atoms with Crippen molar-refractivity contribution < 1.29 is 9.50 Å². The van der Waals surface area contributed by atoms with Gasteiger partial charge in [-0.2, -0.15) is 15.3 Å². The summed E-state index contributed by atoms with van der Waals surface area (Å²) in [5.41, 5.74) is 3.94. The van der Waals surface area contributed by atoms with Crippen LogP contribution in [0.1, 0.15) is 18.2 Å². The van der Waals surface area contributed by atoms with Crippen LogP contribution in [-0.4, -0.2) is 22.5 Å². The summed E-state index contributed by atoms with van der Waals surface area (Å²) in [7, 11) is 0. The van der Waals surface area contributed by atoms with Gasteiger partial charge in [0.25, 0.3) is 0 Å². The summed E-state index contributed by atoms with van der Waals surface area (Å²) in [5.74, 6) is -0.420. The predicted molar refractivity (Wildman–Crippen MR) is 106 cm³/mol. The lowest BCUT2D eigenvalue weighted by Gasteiger charge is -2.15. The molecular weight excluding hydrogens is 343 g/mol. The number of aromatic nitrogens is 1. The van der Waals surface area contributed by atoms with Crippen LogP contribution in [0.4, 0.5) is 10.1 Å². The molecule has 0 unspecified atom stereocenters. The summed E-state index contributed by atoms with van der Waals surface area (Å²) in [6.45, 7) is 5.25. The van der Waals surface area contributed by atoms with Gasteiger partial charge in [0.1, 0.15) is 5.82 Å². The lowest BCUT2D eigenvalue weighted by atomic mass is 10.0. The largest absolute Gasteiger partial charge is 0.392 e. The molecule has 2 aromatic carbocycles. The van der Waals surface area contributed by atoms with Crippen molar-refractivity contribution in [2.45, 2.75) is 13.5 Å². The van der Waals surface area contributed by atoms with Crippen molar-refractivity contribution in [3.05, 3.63) is 83.9 Å². The molecule has 5 nitrogen and oxygen atoms in total. The number of pyridine rings is 1. The first kappa shape index (κ1) is 18.4. The van der Waals surface area contributed by atoms with Gasteiger partial charge >= 0.3 is 0 Å². The molecule has 136 valence electrons. The molecule has 0 saturated heterocycles. The van der Waals surface area contributed by atoms with Crippen molar-refractivity contribution in [3.63, 3.8) is 0 Å². The fourth-order valence-corrected chi connectivity index (χ4v) is 2.65. The molecule has 3 rings (SSSR count). The number of nitrogens with zero attached hydrogens (tertiary/aromatic N) is 4. The zero-order valence-corrected chi connectivity index (χ0v) is 14.9. The fourth-order valence-electron chi connectivity index (χ4n) is 2.65. The van der Waals surface area contributed by atoms with Crippen LogP contribution in [0.25, 0.3) is 11.1 Å². The van der Waals surface area contributed by atoms with E-state index in [-0.39, 0.29) is 6.61 Å². The maximum Gasteiger partial charge on any atom is 0.126 e. The average Bonchev–Trinajstić information content (AvgIpc) is 2.72. The third-order valence-corrected chi connectivity index (χ3v) is 3.97. The minimum absolute atomic E-state index is 0.0794. The molecule has 0 atom stereocenters. The molecular formula is C21H19FN4O. The molecule has 0 spiro atoms. The maximum atomic E-state index is 14.3. The van der Waals surface area contributed by atoms with Crippen LogP contribution in [0.2, 0.25) is 0 Å². The highest BCUT2D eigenvalue weighted by atomic mass is 19.1. The van der Waals surface area contributed by atoms with Gasteiger partial charge in [0.15, 0.2) is 0 Å². The first-order valence-electron chi connectivity index (χ1n) is 8.35. The molecule has 0 saturated carbocycles. The second-order valence-electron chi connectivity index (χ2n) is 5.89. The van der Waals surface area contributed by atoms with E-state index in [9.17, 15) is 9.50 Å². The number of hydrogen-bond donors (Lipinski definition) is 1. The number of rotatable bonds is 6. The summed E-state index contributed by atoms with van der Waals surface area (Å²) in [6.07, 6.45) is 1.68. The monoisotopic (exact) mass is 362 g/mol. The van der Waals surface area contributed by atoms with Crippen molar-refractivity contribution in [2.75, 3.05) is 5.12 Å². The van der Waals surface area contributed by atoms with E-state index in [0.717, 1.165) is 11.1 Å². The standard InChI is InChI=1S/C21H19FN4O/c1-15(21-8-3-4-9-24-21)25-26(23-2)20-12-18(11-19(22)13-20)17-7-5-6-16(10-17)14-27/h3-13,27H,2,14H2,1H3/b25-15+. The van der Waals surface area contributed by atoms with Crippen molar-refractivity contribution in [2.24, 2.45) is 10.2 Å². The van der Waals surface area contributed by atoms with E-state index in [1.54, 1.807) is 19.2 Å². The van der Waals surface area contributed by atoms with Gasteiger partial charge < -0.3 is 5.11 Å². The molecule has 1 heterocycles. The van der Waals surface area contributed by atoms with Gasteiger partial charge in [-0.15, -0.1) is 0 Å². The Labute approximate surface area is 157 Å². The van der Waals surface area contributed by atoms with Gasteiger partial charge in [0, 0.05) is 19.0 Å². The van der Waals surface area contributed by atoms with Crippen LogP contribution in [-0.2, 0) is 6.61 Å². The lowest BCUT2D eigenvalue weighted by Crippen LogP contribution is -2.12. The highest BCUT2D eigenvalue weighted by Gasteiger charge is 2.10. The Morgan fingerprint density at radius 3 is 2.67 bits per heavy atom. The van der Waals surface area contributed by atoms with Crippen LogP contribution >= 0.6 is 0 Å². The second kappa shape index (κ2) is 8.33. The Balaban J connectivity index is 2.00. The quantitative estimate of drug-likeness (QED) is 0.527. The molecule has 0 aliphatic rings. The van der Waals surface area contributed by atoms with E-state index < -0.39 is 5.82 Å². The summed E-state index contributed by atoms with van der Waals surface area (Å²) in [6, 6.07) is 17.3. The van der Waals surface area contributed by atoms with Gasteiger partial charge in [0.05, 0.1) is 23.7 Å².